The molecule has 2 aliphatic heterocycles. The Hall–Kier alpha value is -1.21. The van der Waals surface area contributed by atoms with Gasteiger partial charge in [0.25, 0.3) is 5.92 Å². The number of anilines is 2. The fourth-order valence-electron chi connectivity index (χ4n) is 2.38. The van der Waals surface area contributed by atoms with Crippen molar-refractivity contribution in [2.45, 2.75) is 18.9 Å². The van der Waals surface area contributed by atoms with Gasteiger partial charge in [-0.25, -0.2) is 13.8 Å². The average Bonchev–Trinajstić information content (AvgIpc) is 2.35. The maximum Gasteiger partial charge on any atom is 0.282 e. The van der Waals surface area contributed by atoms with Crippen LogP contribution in [0.2, 0.25) is 5.15 Å². The highest BCUT2D eigenvalue weighted by Crippen LogP contribution is 2.32. The van der Waals surface area contributed by atoms with E-state index in [4.69, 9.17) is 16.3 Å². The lowest BCUT2D eigenvalue weighted by atomic mass is 10.1. The van der Waals surface area contributed by atoms with E-state index < -0.39 is 5.92 Å². The van der Waals surface area contributed by atoms with E-state index in [0.29, 0.717) is 31.5 Å². The maximum absolute atomic E-state index is 12.9. The van der Waals surface area contributed by atoms with Crippen molar-refractivity contribution in [3.05, 3.63) is 11.2 Å². The minimum Gasteiger partial charge on any atom is -0.377 e. The molecule has 1 aromatic rings. The Balaban J connectivity index is 1.83. The van der Waals surface area contributed by atoms with Gasteiger partial charge in [0.1, 0.15) is 11.0 Å². The zero-order valence-electron chi connectivity index (χ0n) is 11.0. The summed E-state index contributed by atoms with van der Waals surface area (Å²) in [4.78, 5) is 12.0. The molecule has 1 atom stereocenters. The minimum absolute atomic E-state index is 0.132. The number of hydrogen-bond donors (Lipinski definition) is 0. The highest BCUT2D eigenvalue weighted by molar-refractivity contribution is 6.29. The third-order valence-corrected chi connectivity index (χ3v) is 3.66. The standard InChI is InChI=1S/C12H15ClF2N4O/c1-8-5-20-3-2-19(8)11-16-9(13)4-10(17-11)18-6-12(14,15)7-18/h4,8H,2-3,5-7H2,1H3/t8-/m1/s1. The molecule has 0 amide bonds. The van der Waals surface area contributed by atoms with Crippen LogP contribution in [0.4, 0.5) is 20.5 Å². The minimum atomic E-state index is -2.64. The third kappa shape index (κ3) is 2.64. The fourth-order valence-corrected chi connectivity index (χ4v) is 2.56. The van der Waals surface area contributed by atoms with Gasteiger partial charge in [0.2, 0.25) is 5.95 Å². The summed E-state index contributed by atoms with van der Waals surface area (Å²) in [5.74, 6) is -1.72. The van der Waals surface area contributed by atoms with E-state index in [1.54, 1.807) is 0 Å². The molecule has 110 valence electrons. The van der Waals surface area contributed by atoms with Gasteiger partial charge in [-0.1, -0.05) is 11.6 Å². The topological polar surface area (TPSA) is 41.5 Å². The van der Waals surface area contributed by atoms with Gasteiger partial charge in [0, 0.05) is 12.6 Å². The van der Waals surface area contributed by atoms with Gasteiger partial charge >= 0.3 is 0 Å². The van der Waals surface area contributed by atoms with E-state index in [0.717, 1.165) is 0 Å². The summed E-state index contributed by atoms with van der Waals surface area (Å²) in [6.45, 7) is 3.21. The molecule has 2 aliphatic rings. The largest absolute Gasteiger partial charge is 0.377 e. The molecule has 2 fully saturated rings. The summed E-state index contributed by atoms with van der Waals surface area (Å²) in [6, 6.07) is 1.65. The summed E-state index contributed by atoms with van der Waals surface area (Å²) in [6.07, 6.45) is 0. The molecule has 1 aromatic heterocycles. The van der Waals surface area contributed by atoms with Crippen LogP contribution in [0, 0.1) is 0 Å². The lowest BCUT2D eigenvalue weighted by Crippen LogP contribution is -2.56. The van der Waals surface area contributed by atoms with Crippen molar-refractivity contribution in [1.82, 2.24) is 9.97 Å². The number of halogens is 3. The fraction of sp³-hybridized carbons (Fsp3) is 0.667. The average molecular weight is 305 g/mol. The summed E-state index contributed by atoms with van der Waals surface area (Å²) in [5.41, 5.74) is 0. The summed E-state index contributed by atoms with van der Waals surface area (Å²) >= 11 is 5.99. The van der Waals surface area contributed by atoms with Gasteiger partial charge in [-0.05, 0) is 6.92 Å². The van der Waals surface area contributed by atoms with Crippen LogP contribution in [0.3, 0.4) is 0 Å². The Morgan fingerprint density at radius 1 is 1.40 bits per heavy atom. The number of rotatable bonds is 2. The molecule has 0 aromatic carbocycles. The van der Waals surface area contributed by atoms with E-state index in [1.807, 2.05) is 11.8 Å². The number of aromatic nitrogens is 2. The summed E-state index contributed by atoms with van der Waals surface area (Å²) in [7, 11) is 0. The second-order valence-corrected chi connectivity index (χ2v) is 5.57. The normalized spacial score (nSPS) is 25.5. The van der Waals surface area contributed by atoms with Crippen LogP contribution in [0.15, 0.2) is 6.07 Å². The third-order valence-electron chi connectivity index (χ3n) is 3.46. The van der Waals surface area contributed by atoms with E-state index in [9.17, 15) is 8.78 Å². The first kappa shape index (κ1) is 13.8. The van der Waals surface area contributed by atoms with Crippen molar-refractivity contribution >= 4 is 23.4 Å². The smallest absolute Gasteiger partial charge is 0.282 e. The second kappa shape index (κ2) is 4.96. The molecule has 8 heteroatoms. The number of alkyl halides is 2. The summed E-state index contributed by atoms with van der Waals surface area (Å²) < 4.78 is 31.3. The van der Waals surface area contributed by atoms with Crippen LogP contribution < -0.4 is 9.80 Å². The monoisotopic (exact) mass is 304 g/mol. The molecule has 0 aliphatic carbocycles. The predicted octanol–water partition coefficient (Wildman–Crippen LogP) is 1.81. The Labute approximate surface area is 120 Å². The molecule has 0 unspecified atom stereocenters. The zero-order valence-corrected chi connectivity index (χ0v) is 11.8. The van der Waals surface area contributed by atoms with Gasteiger partial charge < -0.3 is 14.5 Å². The van der Waals surface area contributed by atoms with Crippen LogP contribution in [-0.2, 0) is 4.74 Å². The van der Waals surface area contributed by atoms with Gasteiger partial charge in [0.15, 0.2) is 0 Å². The van der Waals surface area contributed by atoms with Crippen LogP contribution in [0.25, 0.3) is 0 Å². The molecule has 20 heavy (non-hydrogen) atoms. The van der Waals surface area contributed by atoms with E-state index in [-0.39, 0.29) is 24.3 Å². The highest BCUT2D eigenvalue weighted by atomic mass is 35.5. The Kier molecular flexibility index (Phi) is 3.41. The molecule has 0 bridgehead atoms. The summed E-state index contributed by atoms with van der Waals surface area (Å²) in [5, 5.41) is 0.263. The van der Waals surface area contributed by atoms with Crippen LogP contribution in [0.1, 0.15) is 6.92 Å². The van der Waals surface area contributed by atoms with Crippen molar-refractivity contribution in [2.75, 3.05) is 42.6 Å². The van der Waals surface area contributed by atoms with E-state index in [2.05, 4.69) is 9.97 Å². The second-order valence-electron chi connectivity index (χ2n) is 5.18. The molecule has 3 rings (SSSR count). The molecular formula is C12H15ClF2N4O. The SMILES string of the molecule is C[C@@H]1COCCN1c1nc(Cl)cc(N2CC(F)(F)C2)n1. The number of nitrogens with zero attached hydrogens (tertiary/aromatic N) is 4. The van der Waals surface area contributed by atoms with Crippen molar-refractivity contribution < 1.29 is 13.5 Å². The predicted molar refractivity (Wildman–Crippen MR) is 71.8 cm³/mol. The van der Waals surface area contributed by atoms with Gasteiger partial charge in [-0.2, -0.15) is 4.98 Å². The molecule has 0 N–H and O–H groups in total. The molecular weight excluding hydrogens is 290 g/mol. The first-order valence-electron chi connectivity index (χ1n) is 6.46. The first-order valence-corrected chi connectivity index (χ1v) is 6.84. The van der Waals surface area contributed by atoms with Crippen molar-refractivity contribution in [3.8, 4) is 0 Å². The first-order chi connectivity index (χ1) is 9.44. The van der Waals surface area contributed by atoms with E-state index in [1.165, 1.54) is 11.0 Å². The van der Waals surface area contributed by atoms with Crippen molar-refractivity contribution in [1.29, 1.82) is 0 Å². The zero-order chi connectivity index (χ0) is 14.3. The Bertz CT molecular complexity index is 508. The number of ether oxygens (including phenoxy) is 1. The number of morpholine rings is 1. The molecule has 0 saturated carbocycles. The molecule has 3 heterocycles. The molecule has 2 saturated heterocycles. The van der Waals surface area contributed by atoms with Crippen LogP contribution in [-0.4, -0.2) is 54.8 Å². The Morgan fingerprint density at radius 3 is 2.80 bits per heavy atom. The molecule has 0 spiro atoms. The van der Waals surface area contributed by atoms with Gasteiger partial charge in [0.05, 0.1) is 32.3 Å². The van der Waals surface area contributed by atoms with E-state index >= 15 is 0 Å². The van der Waals surface area contributed by atoms with Gasteiger partial charge in [-0.15, -0.1) is 0 Å². The highest BCUT2D eigenvalue weighted by Gasteiger charge is 2.44. The van der Waals surface area contributed by atoms with Gasteiger partial charge in [-0.3, -0.25) is 0 Å². The lowest BCUT2D eigenvalue weighted by Gasteiger charge is -2.40. The molecule has 5 nitrogen and oxygen atoms in total. The maximum atomic E-state index is 12.9. The Morgan fingerprint density at radius 2 is 2.15 bits per heavy atom. The number of hydrogen-bond acceptors (Lipinski definition) is 5. The van der Waals surface area contributed by atoms with Crippen LogP contribution >= 0.6 is 11.6 Å². The quantitative estimate of drug-likeness (QED) is 0.780. The van der Waals surface area contributed by atoms with Crippen LogP contribution in [0.5, 0.6) is 0 Å². The molecule has 0 radical (unpaired) electrons. The lowest BCUT2D eigenvalue weighted by molar-refractivity contribution is -0.0267. The van der Waals surface area contributed by atoms with Crippen molar-refractivity contribution in [2.24, 2.45) is 0 Å². The van der Waals surface area contributed by atoms with Crippen molar-refractivity contribution in [3.63, 3.8) is 0 Å².